The molecule has 1 aromatic carbocycles. The fourth-order valence-corrected chi connectivity index (χ4v) is 2.54. The predicted octanol–water partition coefficient (Wildman–Crippen LogP) is 0.885. The van der Waals surface area contributed by atoms with Crippen molar-refractivity contribution in [1.29, 1.82) is 0 Å². The van der Waals surface area contributed by atoms with Gasteiger partial charge in [0.25, 0.3) is 0 Å². The molecule has 0 spiro atoms. The van der Waals surface area contributed by atoms with Crippen LogP contribution in [0.15, 0.2) is 12.1 Å². The van der Waals surface area contributed by atoms with E-state index < -0.39 is 10.0 Å². The summed E-state index contributed by atoms with van der Waals surface area (Å²) in [5.74, 6) is 0.0240. The molecule has 0 saturated heterocycles. The van der Waals surface area contributed by atoms with E-state index in [4.69, 9.17) is 0 Å². The Hall–Kier alpha value is -1.56. The number of amides is 1. The molecular formula is C11H14N2O3S. The summed E-state index contributed by atoms with van der Waals surface area (Å²) in [6.45, 7) is 1.81. The highest BCUT2D eigenvalue weighted by atomic mass is 32.2. The molecule has 17 heavy (non-hydrogen) atoms. The summed E-state index contributed by atoms with van der Waals surface area (Å²) >= 11 is 0. The molecule has 6 heteroatoms. The molecule has 0 aromatic heterocycles. The third-order valence-electron chi connectivity index (χ3n) is 2.80. The van der Waals surface area contributed by atoms with Gasteiger partial charge in [-0.25, -0.2) is 8.42 Å². The number of carbonyl (C=O) groups is 1. The van der Waals surface area contributed by atoms with Gasteiger partial charge in [0.2, 0.25) is 15.9 Å². The van der Waals surface area contributed by atoms with Crippen molar-refractivity contribution < 1.29 is 13.2 Å². The van der Waals surface area contributed by atoms with Gasteiger partial charge in [-0.05, 0) is 30.2 Å². The van der Waals surface area contributed by atoms with E-state index >= 15 is 0 Å². The smallest absolute Gasteiger partial charge is 0.231 e. The number of carbonyl (C=O) groups excluding carboxylic acids is 1. The molecule has 1 aromatic rings. The van der Waals surface area contributed by atoms with Gasteiger partial charge in [-0.1, -0.05) is 0 Å². The molecule has 1 aliphatic rings. The van der Waals surface area contributed by atoms with Crippen LogP contribution < -0.4 is 9.62 Å². The minimum Gasteiger partial charge on any atom is -0.315 e. The fourth-order valence-electron chi connectivity index (χ4n) is 1.92. The van der Waals surface area contributed by atoms with Crippen LogP contribution in [0.25, 0.3) is 0 Å². The molecule has 0 atom stereocenters. The molecule has 0 aliphatic carbocycles. The second kappa shape index (κ2) is 3.73. The third-order valence-corrected chi connectivity index (χ3v) is 3.39. The lowest BCUT2D eigenvalue weighted by Crippen LogP contribution is -2.20. The minimum absolute atomic E-state index is 0.0240. The molecular weight excluding hydrogens is 240 g/mol. The van der Waals surface area contributed by atoms with Gasteiger partial charge in [0.05, 0.1) is 18.4 Å². The van der Waals surface area contributed by atoms with Gasteiger partial charge in [0, 0.05) is 12.7 Å². The second-order valence-electron chi connectivity index (χ2n) is 4.30. The molecule has 0 bridgehead atoms. The van der Waals surface area contributed by atoms with E-state index in [-0.39, 0.29) is 5.91 Å². The van der Waals surface area contributed by atoms with Gasteiger partial charge >= 0.3 is 0 Å². The number of likely N-dealkylation sites (N-methyl/N-ethyl adjacent to an activating group) is 1. The topological polar surface area (TPSA) is 66.5 Å². The first kappa shape index (κ1) is 11.9. The number of hydrogen-bond acceptors (Lipinski definition) is 3. The van der Waals surface area contributed by atoms with Crippen molar-refractivity contribution in [3.63, 3.8) is 0 Å². The summed E-state index contributed by atoms with van der Waals surface area (Å²) in [6.07, 6.45) is 1.43. The number of nitrogens with one attached hydrogen (secondary N) is 1. The van der Waals surface area contributed by atoms with Gasteiger partial charge in [-0.3, -0.25) is 9.52 Å². The maximum absolute atomic E-state index is 11.5. The molecule has 5 nitrogen and oxygen atoms in total. The minimum atomic E-state index is -3.29. The fraction of sp³-hybridized carbons (Fsp3) is 0.364. The van der Waals surface area contributed by atoms with Crippen molar-refractivity contribution >= 4 is 27.3 Å². The SMILES string of the molecule is Cc1cc2c(cc1NS(C)(=O)=O)CC(=O)N2C. The monoisotopic (exact) mass is 254 g/mol. The zero-order chi connectivity index (χ0) is 12.8. The molecule has 0 unspecified atom stereocenters. The van der Waals surface area contributed by atoms with Crippen LogP contribution in [0, 0.1) is 6.92 Å². The highest BCUT2D eigenvalue weighted by molar-refractivity contribution is 7.92. The molecule has 1 aliphatic heterocycles. The third kappa shape index (κ3) is 2.26. The zero-order valence-electron chi connectivity index (χ0n) is 9.94. The van der Waals surface area contributed by atoms with Crippen molar-refractivity contribution in [3.8, 4) is 0 Å². The van der Waals surface area contributed by atoms with E-state index in [1.807, 2.05) is 13.0 Å². The van der Waals surface area contributed by atoms with E-state index in [0.717, 1.165) is 23.1 Å². The van der Waals surface area contributed by atoms with Crippen LogP contribution in [0.1, 0.15) is 11.1 Å². The Morgan fingerprint density at radius 2 is 2.00 bits per heavy atom. The second-order valence-corrected chi connectivity index (χ2v) is 6.05. The van der Waals surface area contributed by atoms with E-state index in [1.165, 1.54) is 0 Å². The molecule has 2 rings (SSSR count). The van der Waals surface area contributed by atoms with Crippen LogP contribution >= 0.6 is 0 Å². The zero-order valence-corrected chi connectivity index (χ0v) is 10.8. The highest BCUT2D eigenvalue weighted by Gasteiger charge is 2.25. The summed E-state index contributed by atoms with van der Waals surface area (Å²) in [5.41, 5.74) is 3.05. The van der Waals surface area contributed by atoms with Crippen LogP contribution in [0.4, 0.5) is 11.4 Å². The lowest BCUT2D eigenvalue weighted by Gasteiger charge is -2.13. The first-order valence-corrected chi connectivity index (χ1v) is 7.05. The average Bonchev–Trinajstić information content (AvgIpc) is 2.43. The number of hydrogen-bond donors (Lipinski definition) is 1. The Labute approximate surface area is 100 Å². The standard InChI is InChI=1S/C11H14N2O3S/c1-7-4-10-8(6-11(14)13(10)2)5-9(7)12-17(3,15)16/h4-5,12H,6H2,1-3H3. The number of fused-ring (bicyclic) bond motifs is 1. The number of sulfonamides is 1. The van der Waals surface area contributed by atoms with Crippen molar-refractivity contribution in [2.24, 2.45) is 0 Å². The van der Waals surface area contributed by atoms with Crippen molar-refractivity contribution in [1.82, 2.24) is 0 Å². The lowest BCUT2D eigenvalue weighted by atomic mass is 10.1. The van der Waals surface area contributed by atoms with Crippen LogP contribution in [0.2, 0.25) is 0 Å². The lowest BCUT2D eigenvalue weighted by molar-refractivity contribution is -0.117. The number of benzene rings is 1. The summed E-state index contributed by atoms with van der Waals surface area (Å²) < 4.78 is 24.8. The van der Waals surface area contributed by atoms with Crippen LogP contribution in [-0.2, 0) is 21.2 Å². The van der Waals surface area contributed by atoms with Crippen LogP contribution in [0.5, 0.6) is 0 Å². The number of aryl methyl sites for hydroxylation is 1. The van der Waals surface area contributed by atoms with E-state index in [2.05, 4.69) is 4.72 Å². The predicted molar refractivity (Wildman–Crippen MR) is 66.8 cm³/mol. The average molecular weight is 254 g/mol. The molecule has 92 valence electrons. The largest absolute Gasteiger partial charge is 0.315 e. The van der Waals surface area contributed by atoms with E-state index in [0.29, 0.717) is 12.1 Å². The van der Waals surface area contributed by atoms with Gasteiger partial charge in [0.15, 0.2) is 0 Å². The maximum Gasteiger partial charge on any atom is 0.231 e. The molecule has 0 radical (unpaired) electrons. The normalized spacial score (nSPS) is 15.0. The molecule has 1 amide bonds. The van der Waals surface area contributed by atoms with Crippen LogP contribution in [-0.4, -0.2) is 27.6 Å². The summed E-state index contributed by atoms with van der Waals surface area (Å²) in [7, 11) is -1.57. The van der Waals surface area contributed by atoms with Gasteiger partial charge in [0.1, 0.15) is 0 Å². The van der Waals surface area contributed by atoms with E-state index in [1.54, 1.807) is 18.0 Å². The molecule has 0 fully saturated rings. The summed E-state index contributed by atoms with van der Waals surface area (Å²) in [4.78, 5) is 13.1. The van der Waals surface area contributed by atoms with Crippen LogP contribution in [0.3, 0.4) is 0 Å². The van der Waals surface area contributed by atoms with E-state index in [9.17, 15) is 13.2 Å². The van der Waals surface area contributed by atoms with Crippen molar-refractivity contribution in [2.45, 2.75) is 13.3 Å². The first-order valence-electron chi connectivity index (χ1n) is 5.16. The van der Waals surface area contributed by atoms with Gasteiger partial charge in [-0.2, -0.15) is 0 Å². The Bertz CT molecular complexity index is 593. The molecule has 1 N–H and O–H groups in total. The Balaban J connectivity index is 2.47. The van der Waals surface area contributed by atoms with Crippen molar-refractivity contribution in [3.05, 3.63) is 23.3 Å². The number of rotatable bonds is 2. The summed E-state index contributed by atoms with van der Waals surface area (Å²) in [5, 5.41) is 0. The summed E-state index contributed by atoms with van der Waals surface area (Å²) in [6, 6.07) is 3.56. The molecule has 0 saturated carbocycles. The first-order chi connectivity index (χ1) is 7.78. The highest BCUT2D eigenvalue weighted by Crippen LogP contribution is 2.32. The quantitative estimate of drug-likeness (QED) is 0.852. The Morgan fingerprint density at radius 3 is 2.59 bits per heavy atom. The number of anilines is 2. The Morgan fingerprint density at radius 1 is 1.35 bits per heavy atom. The Kier molecular flexibility index (Phi) is 2.61. The van der Waals surface area contributed by atoms with Gasteiger partial charge in [-0.15, -0.1) is 0 Å². The molecule has 1 heterocycles. The van der Waals surface area contributed by atoms with Gasteiger partial charge < -0.3 is 4.90 Å². The maximum atomic E-state index is 11.5. The number of nitrogens with zero attached hydrogens (tertiary/aromatic N) is 1. The van der Waals surface area contributed by atoms with Crippen molar-refractivity contribution in [2.75, 3.05) is 22.9 Å².